The second-order valence-electron chi connectivity index (χ2n) is 6.51. The Balaban J connectivity index is 0.000000409. The van der Waals surface area contributed by atoms with Crippen molar-refractivity contribution >= 4 is 17.6 Å². The van der Waals surface area contributed by atoms with E-state index >= 15 is 0 Å². The molecule has 150 valence electrons. The van der Waals surface area contributed by atoms with Gasteiger partial charge in [0.25, 0.3) is 0 Å². The maximum absolute atomic E-state index is 9.10. The van der Waals surface area contributed by atoms with Crippen LogP contribution >= 0.6 is 0 Å². The quantitative estimate of drug-likeness (QED) is 0.780. The van der Waals surface area contributed by atoms with Crippen LogP contribution in [0.5, 0.6) is 5.75 Å². The summed E-state index contributed by atoms with van der Waals surface area (Å²) in [4.78, 5) is 23.2. The highest BCUT2D eigenvalue weighted by Gasteiger charge is 2.18. The Labute approximate surface area is 164 Å². The maximum Gasteiger partial charge on any atom is 0.414 e. The summed E-state index contributed by atoms with van der Waals surface area (Å²) in [5.74, 6) is -2.72. The summed E-state index contributed by atoms with van der Waals surface area (Å²) in [6, 6.07) is 17.1. The predicted octanol–water partition coefficient (Wildman–Crippen LogP) is 2.48. The molecule has 28 heavy (non-hydrogen) atoms. The zero-order valence-corrected chi connectivity index (χ0v) is 16.2. The van der Waals surface area contributed by atoms with Crippen LogP contribution in [0.4, 0.5) is 5.69 Å². The van der Waals surface area contributed by atoms with Crippen molar-refractivity contribution in [1.29, 1.82) is 0 Å². The van der Waals surface area contributed by atoms with Crippen LogP contribution < -0.4 is 9.64 Å². The number of anilines is 1. The van der Waals surface area contributed by atoms with Gasteiger partial charge >= 0.3 is 11.9 Å². The number of nitrogens with zero attached hydrogens (tertiary/aromatic N) is 2. The van der Waals surface area contributed by atoms with E-state index in [1.807, 2.05) is 12.1 Å². The minimum atomic E-state index is -1.82. The standard InChI is InChI=1S/C19H24N2O.C2H2O4/c1-16-5-3-4-6-19(16)21-13-11-20(12-14-21)15-17-7-9-18(22-2)10-8-17;3-1(4)2(5)6/h3-10H,11-15H2,1-2H3;(H,3,4)(H,5,6). The number of benzene rings is 2. The number of aliphatic carboxylic acids is 2. The molecule has 1 aliphatic rings. The second-order valence-corrected chi connectivity index (χ2v) is 6.51. The smallest absolute Gasteiger partial charge is 0.414 e. The molecule has 0 bridgehead atoms. The lowest BCUT2D eigenvalue weighted by molar-refractivity contribution is -0.159. The number of carboxylic acids is 2. The fourth-order valence-electron chi connectivity index (χ4n) is 3.05. The molecule has 0 aromatic heterocycles. The van der Waals surface area contributed by atoms with Crippen LogP contribution in [0.3, 0.4) is 0 Å². The molecule has 1 aliphatic heterocycles. The van der Waals surface area contributed by atoms with Crippen LogP contribution in [0.1, 0.15) is 11.1 Å². The first-order valence-electron chi connectivity index (χ1n) is 9.02. The Hall–Kier alpha value is -3.06. The molecule has 1 saturated heterocycles. The van der Waals surface area contributed by atoms with Gasteiger partial charge in [0.05, 0.1) is 7.11 Å². The minimum Gasteiger partial charge on any atom is -0.497 e. The molecule has 0 atom stereocenters. The molecular formula is C21H26N2O5. The summed E-state index contributed by atoms with van der Waals surface area (Å²) in [6.45, 7) is 7.63. The van der Waals surface area contributed by atoms with Crippen molar-refractivity contribution in [3.63, 3.8) is 0 Å². The summed E-state index contributed by atoms with van der Waals surface area (Å²) < 4.78 is 5.21. The van der Waals surface area contributed by atoms with Crippen LogP contribution in [0.2, 0.25) is 0 Å². The van der Waals surface area contributed by atoms with Gasteiger partial charge in [-0.2, -0.15) is 0 Å². The van der Waals surface area contributed by atoms with E-state index in [4.69, 9.17) is 24.5 Å². The number of para-hydroxylation sites is 1. The van der Waals surface area contributed by atoms with E-state index in [9.17, 15) is 0 Å². The van der Waals surface area contributed by atoms with Gasteiger partial charge in [0.15, 0.2) is 0 Å². The van der Waals surface area contributed by atoms with E-state index in [-0.39, 0.29) is 0 Å². The van der Waals surface area contributed by atoms with Gasteiger partial charge in [-0.25, -0.2) is 9.59 Å². The monoisotopic (exact) mass is 386 g/mol. The number of ether oxygens (including phenoxy) is 1. The Morgan fingerprint density at radius 1 is 0.929 bits per heavy atom. The molecule has 7 nitrogen and oxygen atoms in total. The van der Waals surface area contributed by atoms with Crippen LogP contribution in [0.15, 0.2) is 48.5 Å². The van der Waals surface area contributed by atoms with E-state index in [1.54, 1.807) is 7.11 Å². The predicted molar refractivity (Wildman–Crippen MR) is 107 cm³/mol. The van der Waals surface area contributed by atoms with Gasteiger partial charge < -0.3 is 19.8 Å². The summed E-state index contributed by atoms with van der Waals surface area (Å²) in [5, 5.41) is 14.8. The van der Waals surface area contributed by atoms with Crippen molar-refractivity contribution < 1.29 is 24.5 Å². The second kappa shape index (κ2) is 10.3. The molecule has 0 saturated carbocycles. The number of carbonyl (C=O) groups is 2. The molecular weight excluding hydrogens is 360 g/mol. The van der Waals surface area contributed by atoms with E-state index in [0.717, 1.165) is 38.5 Å². The van der Waals surface area contributed by atoms with Crippen molar-refractivity contribution in [3.8, 4) is 5.75 Å². The molecule has 0 aliphatic carbocycles. The average Bonchev–Trinajstić information content (AvgIpc) is 2.70. The summed E-state index contributed by atoms with van der Waals surface area (Å²) in [6.07, 6.45) is 0. The normalized spacial score (nSPS) is 14.0. The molecule has 2 aromatic rings. The van der Waals surface area contributed by atoms with Crippen molar-refractivity contribution in [2.24, 2.45) is 0 Å². The number of hydrogen-bond donors (Lipinski definition) is 2. The van der Waals surface area contributed by atoms with Crippen LogP contribution in [-0.4, -0.2) is 60.3 Å². The molecule has 1 heterocycles. The van der Waals surface area contributed by atoms with Gasteiger partial charge in [-0.05, 0) is 36.2 Å². The van der Waals surface area contributed by atoms with E-state index in [0.29, 0.717) is 0 Å². The van der Waals surface area contributed by atoms with E-state index < -0.39 is 11.9 Å². The lowest BCUT2D eigenvalue weighted by Crippen LogP contribution is -2.46. The van der Waals surface area contributed by atoms with Crippen LogP contribution in [-0.2, 0) is 16.1 Å². The molecule has 0 radical (unpaired) electrons. The number of piperazine rings is 1. The highest BCUT2D eigenvalue weighted by atomic mass is 16.5. The summed E-state index contributed by atoms with van der Waals surface area (Å²) >= 11 is 0. The molecule has 0 unspecified atom stereocenters. The van der Waals surface area contributed by atoms with Gasteiger partial charge in [0, 0.05) is 38.4 Å². The van der Waals surface area contributed by atoms with Gasteiger partial charge in [0.1, 0.15) is 5.75 Å². The zero-order chi connectivity index (χ0) is 20.5. The molecule has 0 spiro atoms. The summed E-state index contributed by atoms with van der Waals surface area (Å²) in [7, 11) is 1.71. The number of aryl methyl sites for hydroxylation is 1. The Morgan fingerprint density at radius 3 is 2.00 bits per heavy atom. The fourth-order valence-corrected chi connectivity index (χ4v) is 3.05. The zero-order valence-electron chi connectivity index (χ0n) is 16.2. The summed E-state index contributed by atoms with van der Waals surface area (Å²) in [5.41, 5.74) is 4.10. The number of rotatable bonds is 4. The first-order valence-corrected chi connectivity index (χ1v) is 9.02. The minimum absolute atomic E-state index is 0.924. The third kappa shape index (κ3) is 6.28. The highest BCUT2D eigenvalue weighted by Crippen LogP contribution is 2.21. The van der Waals surface area contributed by atoms with Crippen molar-refractivity contribution in [2.75, 3.05) is 38.2 Å². The lowest BCUT2D eigenvalue weighted by atomic mass is 10.1. The van der Waals surface area contributed by atoms with Gasteiger partial charge in [-0.15, -0.1) is 0 Å². The molecule has 0 amide bonds. The van der Waals surface area contributed by atoms with Gasteiger partial charge in [-0.1, -0.05) is 30.3 Å². The average molecular weight is 386 g/mol. The molecule has 3 rings (SSSR count). The molecule has 2 aromatic carbocycles. The van der Waals surface area contributed by atoms with Crippen molar-refractivity contribution in [1.82, 2.24) is 4.90 Å². The third-order valence-corrected chi connectivity index (χ3v) is 4.58. The van der Waals surface area contributed by atoms with Gasteiger partial charge in [0.2, 0.25) is 0 Å². The fraction of sp³-hybridized carbons (Fsp3) is 0.333. The van der Waals surface area contributed by atoms with Crippen LogP contribution in [0, 0.1) is 6.92 Å². The number of carboxylic acid groups (broad SMARTS) is 2. The number of methoxy groups -OCH3 is 1. The van der Waals surface area contributed by atoms with Crippen molar-refractivity contribution in [3.05, 3.63) is 59.7 Å². The molecule has 2 N–H and O–H groups in total. The SMILES string of the molecule is COc1ccc(CN2CCN(c3ccccc3C)CC2)cc1.O=C(O)C(=O)O. The number of hydrogen-bond acceptors (Lipinski definition) is 5. The third-order valence-electron chi connectivity index (χ3n) is 4.58. The lowest BCUT2D eigenvalue weighted by Gasteiger charge is -2.36. The van der Waals surface area contributed by atoms with Crippen molar-refractivity contribution in [2.45, 2.75) is 13.5 Å². The molecule has 1 fully saturated rings. The van der Waals surface area contributed by atoms with Crippen LogP contribution in [0.25, 0.3) is 0 Å². The maximum atomic E-state index is 9.10. The van der Waals surface area contributed by atoms with E-state index in [1.165, 1.54) is 16.8 Å². The Kier molecular flexibility index (Phi) is 7.83. The topological polar surface area (TPSA) is 90.3 Å². The highest BCUT2D eigenvalue weighted by molar-refractivity contribution is 6.27. The first-order chi connectivity index (χ1) is 13.4. The van der Waals surface area contributed by atoms with E-state index in [2.05, 4.69) is 53.1 Å². The Bertz CT molecular complexity index is 772. The van der Waals surface area contributed by atoms with Gasteiger partial charge in [-0.3, -0.25) is 4.90 Å². The molecule has 7 heteroatoms. The Morgan fingerprint density at radius 2 is 1.50 bits per heavy atom. The largest absolute Gasteiger partial charge is 0.497 e. The first kappa shape index (κ1) is 21.2.